The summed E-state index contributed by atoms with van der Waals surface area (Å²) in [5.74, 6) is 0.629. The standard InChI is InChI=1S/C21H22N4O4/c1-21(2,3)29-20(28)24(15-6-7-15)18-10-17(13-4-8-16(27)9-5-13)23-19-14(12-26)11-22-25(18)19/h4-5,8-12,15,27H,6-7H2,1-3H3. The molecule has 1 aliphatic carbocycles. The van der Waals surface area contributed by atoms with Crippen molar-refractivity contribution in [2.45, 2.75) is 45.3 Å². The van der Waals surface area contributed by atoms with Crippen molar-refractivity contribution >= 4 is 23.8 Å². The lowest BCUT2D eigenvalue weighted by Gasteiger charge is -2.27. The average molecular weight is 394 g/mol. The fraction of sp³-hybridized carbons (Fsp3) is 0.333. The predicted octanol–water partition coefficient (Wildman–Crippen LogP) is 3.82. The maximum absolute atomic E-state index is 13.0. The molecule has 0 bridgehead atoms. The second kappa shape index (κ2) is 6.88. The van der Waals surface area contributed by atoms with E-state index in [4.69, 9.17) is 4.74 Å². The smallest absolute Gasteiger partial charge is 0.416 e. The Hall–Kier alpha value is -3.42. The van der Waals surface area contributed by atoms with Crippen LogP contribution < -0.4 is 4.90 Å². The molecule has 1 aromatic carbocycles. The summed E-state index contributed by atoms with van der Waals surface area (Å²) in [6, 6.07) is 8.33. The van der Waals surface area contributed by atoms with Gasteiger partial charge >= 0.3 is 6.09 Å². The number of amides is 1. The maximum atomic E-state index is 13.0. The van der Waals surface area contributed by atoms with Crippen LogP contribution in [0.3, 0.4) is 0 Å². The van der Waals surface area contributed by atoms with Crippen molar-refractivity contribution in [1.29, 1.82) is 0 Å². The Morgan fingerprint density at radius 3 is 2.55 bits per heavy atom. The van der Waals surface area contributed by atoms with Gasteiger partial charge in [0.15, 0.2) is 11.9 Å². The molecule has 0 saturated heterocycles. The Morgan fingerprint density at radius 2 is 1.97 bits per heavy atom. The Bertz CT molecular complexity index is 1080. The number of nitrogens with zero attached hydrogens (tertiary/aromatic N) is 4. The van der Waals surface area contributed by atoms with Gasteiger partial charge in [-0.2, -0.15) is 9.61 Å². The van der Waals surface area contributed by atoms with Crippen LogP contribution in [0.15, 0.2) is 36.5 Å². The number of phenols is 1. The molecule has 0 atom stereocenters. The average Bonchev–Trinajstić information content (AvgIpc) is 3.39. The molecule has 2 heterocycles. The lowest BCUT2D eigenvalue weighted by Crippen LogP contribution is -2.39. The molecule has 1 aliphatic rings. The van der Waals surface area contributed by atoms with Crippen molar-refractivity contribution in [1.82, 2.24) is 14.6 Å². The van der Waals surface area contributed by atoms with Crippen LogP contribution in [0.5, 0.6) is 5.75 Å². The molecular formula is C21H22N4O4. The Labute approximate surface area is 167 Å². The first-order valence-electron chi connectivity index (χ1n) is 9.42. The monoisotopic (exact) mass is 394 g/mol. The van der Waals surface area contributed by atoms with Gasteiger partial charge in [0, 0.05) is 17.7 Å². The maximum Gasteiger partial charge on any atom is 0.416 e. The molecule has 1 amide bonds. The van der Waals surface area contributed by atoms with Gasteiger partial charge in [-0.05, 0) is 57.9 Å². The minimum Gasteiger partial charge on any atom is -0.508 e. The summed E-state index contributed by atoms with van der Waals surface area (Å²) in [5, 5.41) is 13.9. The summed E-state index contributed by atoms with van der Waals surface area (Å²) in [6.07, 6.45) is 3.37. The summed E-state index contributed by atoms with van der Waals surface area (Å²) < 4.78 is 7.12. The fourth-order valence-corrected chi connectivity index (χ4v) is 3.07. The number of hydrogen-bond acceptors (Lipinski definition) is 6. The number of hydrogen-bond donors (Lipinski definition) is 1. The van der Waals surface area contributed by atoms with Gasteiger partial charge in [-0.15, -0.1) is 0 Å². The van der Waals surface area contributed by atoms with Crippen LogP contribution in [0.4, 0.5) is 10.6 Å². The Kier molecular flexibility index (Phi) is 4.49. The van der Waals surface area contributed by atoms with Crippen molar-refractivity contribution in [3.05, 3.63) is 42.1 Å². The second-order valence-corrected chi connectivity index (χ2v) is 8.08. The van der Waals surface area contributed by atoms with E-state index in [0.29, 0.717) is 29.0 Å². The molecule has 0 spiro atoms. The topological polar surface area (TPSA) is 97.0 Å². The van der Waals surface area contributed by atoms with E-state index in [1.165, 1.54) is 10.7 Å². The van der Waals surface area contributed by atoms with Gasteiger partial charge in [0.2, 0.25) is 0 Å². The number of aromatic nitrogens is 3. The van der Waals surface area contributed by atoms with Crippen molar-refractivity contribution in [2.24, 2.45) is 0 Å². The van der Waals surface area contributed by atoms with Crippen LogP contribution in [0.1, 0.15) is 44.0 Å². The molecule has 2 aromatic heterocycles. The number of aromatic hydroxyl groups is 1. The van der Waals surface area contributed by atoms with Gasteiger partial charge in [0.1, 0.15) is 17.2 Å². The molecule has 1 N–H and O–H groups in total. The molecule has 29 heavy (non-hydrogen) atoms. The highest BCUT2D eigenvalue weighted by Gasteiger charge is 2.38. The molecule has 8 heteroatoms. The number of carbonyl (C=O) groups excluding carboxylic acids is 2. The van der Waals surface area contributed by atoms with E-state index in [2.05, 4.69) is 10.1 Å². The minimum absolute atomic E-state index is 0.00648. The first kappa shape index (κ1) is 18.9. The van der Waals surface area contributed by atoms with Gasteiger partial charge in [-0.1, -0.05) is 0 Å². The molecular weight excluding hydrogens is 372 g/mol. The third-order valence-corrected chi connectivity index (χ3v) is 4.52. The summed E-state index contributed by atoms with van der Waals surface area (Å²) in [4.78, 5) is 30.6. The third kappa shape index (κ3) is 3.78. The molecule has 8 nitrogen and oxygen atoms in total. The van der Waals surface area contributed by atoms with Crippen molar-refractivity contribution in [3.63, 3.8) is 0 Å². The van der Waals surface area contributed by atoms with Crippen LogP contribution in [-0.4, -0.2) is 43.7 Å². The number of carbonyl (C=O) groups is 2. The van der Waals surface area contributed by atoms with E-state index in [-0.39, 0.29) is 11.8 Å². The highest BCUT2D eigenvalue weighted by Crippen LogP contribution is 2.35. The normalized spacial score (nSPS) is 14.0. The second-order valence-electron chi connectivity index (χ2n) is 8.08. The number of rotatable bonds is 4. The molecule has 3 aromatic rings. The zero-order valence-corrected chi connectivity index (χ0v) is 16.5. The van der Waals surface area contributed by atoms with Crippen LogP contribution >= 0.6 is 0 Å². The van der Waals surface area contributed by atoms with Gasteiger partial charge in [-0.25, -0.2) is 9.78 Å². The third-order valence-electron chi connectivity index (χ3n) is 4.52. The van der Waals surface area contributed by atoms with Crippen LogP contribution in [0.25, 0.3) is 16.9 Å². The van der Waals surface area contributed by atoms with Crippen LogP contribution in [-0.2, 0) is 4.74 Å². The molecule has 150 valence electrons. The van der Waals surface area contributed by atoms with Crippen molar-refractivity contribution in [3.8, 4) is 17.0 Å². The van der Waals surface area contributed by atoms with Crippen LogP contribution in [0, 0.1) is 0 Å². The number of aldehydes is 1. The first-order chi connectivity index (χ1) is 13.8. The lowest BCUT2D eigenvalue weighted by molar-refractivity contribution is 0.0576. The largest absolute Gasteiger partial charge is 0.508 e. The van der Waals surface area contributed by atoms with E-state index in [9.17, 15) is 14.7 Å². The summed E-state index contributed by atoms with van der Waals surface area (Å²) in [6.45, 7) is 5.45. The highest BCUT2D eigenvalue weighted by atomic mass is 16.6. The number of ether oxygens (including phenoxy) is 1. The first-order valence-corrected chi connectivity index (χ1v) is 9.42. The Balaban J connectivity index is 1.89. The van der Waals surface area contributed by atoms with Crippen molar-refractivity contribution < 1.29 is 19.4 Å². The lowest BCUT2D eigenvalue weighted by atomic mass is 10.1. The summed E-state index contributed by atoms with van der Waals surface area (Å²) in [5.41, 5.74) is 1.34. The minimum atomic E-state index is -0.645. The molecule has 0 radical (unpaired) electrons. The number of phenolic OH excluding ortho intramolecular Hbond substituents is 1. The molecule has 4 rings (SSSR count). The predicted molar refractivity (Wildman–Crippen MR) is 107 cm³/mol. The van der Waals surface area contributed by atoms with Crippen molar-refractivity contribution in [2.75, 3.05) is 4.90 Å². The summed E-state index contributed by atoms with van der Waals surface area (Å²) >= 11 is 0. The summed E-state index contributed by atoms with van der Waals surface area (Å²) in [7, 11) is 0. The van der Waals surface area contributed by atoms with Gasteiger partial charge in [-0.3, -0.25) is 9.69 Å². The quantitative estimate of drug-likeness (QED) is 0.676. The number of anilines is 1. The zero-order valence-electron chi connectivity index (χ0n) is 16.5. The van der Waals surface area contributed by atoms with Gasteiger partial charge < -0.3 is 9.84 Å². The Morgan fingerprint density at radius 1 is 1.28 bits per heavy atom. The van der Waals surface area contributed by atoms with E-state index in [1.807, 2.05) is 20.8 Å². The van der Waals surface area contributed by atoms with E-state index in [0.717, 1.165) is 18.4 Å². The van der Waals surface area contributed by atoms with E-state index >= 15 is 0 Å². The molecule has 0 aliphatic heterocycles. The van der Waals surface area contributed by atoms with E-state index < -0.39 is 11.7 Å². The van der Waals surface area contributed by atoms with Gasteiger partial charge in [0.05, 0.1) is 17.5 Å². The molecule has 0 unspecified atom stereocenters. The van der Waals surface area contributed by atoms with Gasteiger partial charge in [0.25, 0.3) is 0 Å². The number of fused-ring (bicyclic) bond motifs is 1. The molecule has 1 fully saturated rings. The molecule has 1 saturated carbocycles. The van der Waals surface area contributed by atoms with Crippen LogP contribution in [0.2, 0.25) is 0 Å². The van der Waals surface area contributed by atoms with E-state index in [1.54, 1.807) is 35.2 Å². The number of benzene rings is 1. The highest BCUT2D eigenvalue weighted by molar-refractivity contribution is 5.91. The zero-order chi connectivity index (χ0) is 20.8. The SMILES string of the molecule is CC(C)(C)OC(=O)N(c1cc(-c2ccc(O)cc2)nc2c(C=O)cnn12)C1CC1. The fourth-order valence-electron chi connectivity index (χ4n) is 3.07.